The summed E-state index contributed by atoms with van der Waals surface area (Å²) in [6.07, 6.45) is -0.560. The van der Waals surface area contributed by atoms with Crippen molar-refractivity contribution in [1.29, 1.82) is 0 Å². The number of β-amino-alcohol motifs (C(OH)–C–C–N with tert-alkyl or cyclic N) is 1. The van der Waals surface area contributed by atoms with E-state index < -0.39 is 6.10 Å². The van der Waals surface area contributed by atoms with Crippen molar-refractivity contribution < 1.29 is 24.1 Å². The van der Waals surface area contributed by atoms with Gasteiger partial charge in [0, 0.05) is 46.4 Å². The highest BCUT2D eigenvalue weighted by atomic mass is 16.5. The average molecular weight is 396 g/mol. The maximum atomic E-state index is 11.8. The highest BCUT2D eigenvalue weighted by Gasteiger charge is 2.21. The Hall–Kier alpha value is -1.87. The molecule has 1 unspecified atom stereocenters. The summed E-state index contributed by atoms with van der Waals surface area (Å²) in [7, 11) is 1.61. The van der Waals surface area contributed by atoms with Crippen LogP contribution in [0.4, 0.5) is 0 Å². The maximum absolute atomic E-state index is 11.8. The highest BCUT2D eigenvalue weighted by Crippen LogP contribution is 2.17. The summed E-state index contributed by atoms with van der Waals surface area (Å²) in [5.41, 5.74) is 0. The summed E-state index contributed by atoms with van der Waals surface area (Å²) in [6, 6.07) is 7.40. The molecule has 1 aromatic carbocycles. The van der Waals surface area contributed by atoms with Crippen molar-refractivity contribution in [2.45, 2.75) is 13.0 Å². The topological polar surface area (TPSA) is 83.5 Å². The fraction of sp³-hybridized carbons (Fsp3) is 0.650. The van der Waals surface area contributed by atoms with E-state index in [-0.39, 0.29) is 12.5 Å². The zero-order chi connectivity index (χ0) is 20.2. The molecule has 1 aliphatic rings. The Labute approximate surface area is 167 Å². The molecule has 8 nitrogen and oxygen atoms in total. The number of hydrogen-bond donors (Lipinski definition) is 2. The second-order valence-electron chi connectivity index (χ2n) is 6.79. The molecule has 1 aromatic rings. The number of amides is 1. The molecular weight excluding hydrogens is 362 g/mol. The van der Waals surface area contributed by atoms with Crippen LogP contribution in [-0.2, 0) is 9.53 Å². The van der Waals surface area contributed by atoms with Crippen molar-refractivity contribution in [3.05, 3.63) is 24.3 Å². The first-order chi connectivity index (χ1) is 13.6. The molecule has 8 heteroatoms. The molecule has 0 aromatic heterocycles. The number of nitrogens with one attached hydrogen (secondary N) is 1. The van der Waals surface area contributed by atoms with Gasteiger partial charge in [-0.15, -0.1) is 0 Å². The van der Waals surface area contributed by atoms with Crippen molar-refractivity contribution in [3.8, 4) is 11.5 Å². The Morgan fingerprint density at radius 3 is 2.32 bits per heavy atom. The van der Waals surface area contributed by atoms with E-state index in [4.69, 9.17) is 14.2 Å². The molecule has 1 aliphatic heterocycles. The predicted octanol–water partition coefficient (Wildman–Crippen LogP) is 0.205. The number of methoxy groups -OCH3 is 1. The molecule has 1 atom stereocenters. The molecule has 1 amide bonds. The number of benzene rings is 1. The lowest BCUT2D eigenvalue weighted by atomic mass is 10.2. The van der Waals surface area contributed by atoms with Gasteiger partial charge < -0.3 is 24.6 Å². The fourth-order valence-electron chi connectivity index (χ4n) is 3.02. The maximum Gasteiger partial charge on any atom is 0.234 e. The lowest BCUT2D eigenvalue weighted by molar-refractivity contribution is -0.122. The number of ether oxygens (including phenoxy) is 3. The van der Waals surface area contributed by atoms with Gasteiger partial charge in [-0.05, 0) is 31.2 Å². The van der Waals surface area contributed by atoms with Crippen LogP contribution in [0, 0.1) is 0 Å². The van der Waals surface area contributed by atoms with Gasteiger partial charge in [0.1, 0.15) is 24.2 Å². The van der Waals surface area contributed by atoms with Crippen molar-refractivity contribution >= 4 is 5.91 Å². The SMILES string of the molecule is CCOc1ccc(OCC(O)CN2CCN(CC(=O)NCCOC)CC2)cc1. The van der Waals surface area contributed by atoms with E-state index in [1.54, 1.807) is 7.11 Å². The minimum absolute atomic E-state index is 0.0225. The number of piperazine rings is 1. The number of nitrogens with zero attached hydrogens (tertiary/aromatic N) is 2. The quantitative estimate of drug-likeness (QED) is 0.490. The Morgan fingerprint density at radius 2 is 1.71 bits per heavy atom. The molecule has 1 fully saturated rings. The molecule has 0 spiro atoms. The largest absolute Gasteiger partial charge is 0.494 e. The summed E-state index contributed by atoms with van der Waals surface area (Å²) in [4.78, 5) is 16.2. The molecule has 2 rings (SSSR count). The molecule has 0 saturated carbocycles. The van der Waals surface area contributed by atoms with Gasteiger partial charge in [0.15, 0.2) is 0 Å². The van der Waals surface area contributed by atoms with Crippen LogP contribution in [0.1, 0.15) is 6.92 Å². The van der Waals surface area contributed by atoms with Gasteiger partial charge in [0.05, 0.1) is 19.8 Å². The molecular formula is C20H33N3O5. The van der Waals surface area contributed by atoms with E-state index >= 15 is 0 Å². The van der Waals surface area contributed by atoms with Crippen molar-refractivity contribution in [2.24, 2.45) is 0 Å². The van der Waals surface area contributed by atoms with Gasteiger partial charge in [0.25, 0.3) is 0 Å². The van der Waals surface area contributed by atoms with Gasteiger partial charge in [-0.25, -0.2) is 0 Å². The Balaban J connectivity index is 1.60. The molecule has 0 aliphatic carbocycles. The minimum atomic E-state index is -0.560. The smallest absolute Gasteiger partial charge is 0.234 e. The molecule has 0 radical (unpaired) electrons. The highest BCUT2D eigenvalue weighted by molar-refractivity contribution is 5.78. The van der Waals surface area contributed by atoms with Gasteiger partial charge in [-0.2, -0.15) is 0 Å². The molecule has 0 bridgehead atoms. The van der Waals surface area contributed by atoms with E-state index in [0.29, 0.717) is 38.6 Å². The molecule has 1 saturated heterocycles. The lowest BCUT2D eigenvalue weighted by Crippen LogP contribution is -2.51. The minimum Gasteiger partial charge on any atom is -0.494 e. The fourth-order valence-corrected chi connectivity index (χ4v) is 3.02. The third-order valence-electron chi connectivity index (χ3n) is 4.51. The van der Waals surface area contributed by atoms with Crippen LogP contribution in [0.2, 0.25) is 0 Å². The van der Waals surface area contributed by atoms with Gasteiger partial charge in [-0.3, -0.25) is 14.6 Å². The predicted molar refractivity (Wildman–Crippen MR) is 107 cm³/mol. The average Bonchev–Trinajstić information content (AvgIpc) is 2.69. The normalized spacial score (nSPS) is 16.5. The number of hydrogen-bond acceptors (Lipinski definition) is 7. The zero-order valence-corrected chi connectivity index (χ0v) is 16.9. The monoisotopic (exact) mass is 395 g/mol. The van der Waals surface area contributed by atoms with Crippen molar-refractivity contribution in [2.75, 3.05) is 72.7 Å². The summed E-state index contributed by atoms with van der Waals surface area (Å²) in [6.45, 7) is 8.11. The van der Waals surface area contributed by atoms with Gasteiger partial charge in [-0.1, -0.05) is 0 Å². The van der Waals surface area contributed by atoms with Gasteiger partial charge >= 0.3 is 0 Å². The summed E-state index contributed by atoms with van der Waals surface area (Å²) in [5.74, 6) is 1.54. The number of carbonyl (C=O) groups excluding carboxylic acids is 1. The number of rotatable bonds is 12. The van der Waals surface area contributed by atoms with E-state index in [0.717, 1.165) is 31.9 Å². The van der Waals surface area contributed by atoms with Crippen LogP contribution >= 0.6 is 0 Å². The first-order valence-electron chi connectivity index (χ1n) is 9.84. The Morgan fingerprint density at radius 1 is 1.11 bits per heavy atom. The molecule has 1 heterocycles. The van der Waals surface area contributed by atoms with Crippen LogP contribution in [-0.4, -0.2) is 99.7 Å². The van der Waals surface area contributed by atoms with Crippen LogP contribution in [0.15, 0.2) is 24.3 Å². The van der Waals surface area contributed by atoms with E-state index in [1.165, 1.54) is 0 Å². The van der Waals surface area contributed by atoms with Crippen LogP contribution in [0.25, 0.3) is 0 Å². The van der Waals surface area contributed by atoms with Gasteiger partial charge in [0.2, 0.25) is 5.91 Å². The molecule has 2 N–H and O–H groups in total. The van der Waals surface area contributed by atoms with Crippen LogP contribution < -0.4 is 14.8 Å². The van der Waals surface area contributed by atoms with Crippen LogP contribution in [0.5, 0.6) is 11.5 Å². The first kappa shape index (κ1) is 22.4. The lowest BCUT2D eigenvalue weighted by Gasteiger charge is -2.35. The number of aliphatic hydroxyl groups is 1. The third kappa shape index (κ3) is 8.43. The summed E-state index contributed by atoms with van der Waals surface area (Å²) in [5, 5.41) is 13.1. The van der Waals surface area contributed by atoms with Crippen molar-refractivity contribution in [3.63, 3.8) is 0 Å². The summed E-state index contributed by atoms with van der Waals surface area (Å²) >= 11 is 0. The Bertz CT molecular complexity index is 561. The first-order valence-corrected chi connectivity index (χ1v) is 9.84. The van der Waals surface area contributed by atoms with E-state index in [1.807, 2.05) is 31.2 Å². The molecule has 158 valence electrons. The second kappa shape index (κ2) is 12.6. The number of carbonyl (C=O) groups is 1. The molecule has 28 heavy (non-hydrogen) atoms. The second-order valence-corrected chi connectivity index (χ2v) is 6.79. The van der Waals surface area contributed by atoms with Crippen molar-refractivity contribution in [1.82, 2.24) is 15.1 Å². The standard InChI is InChI=1S/C20H33N3O5/c1-3-27-18-4-6-19(7-5-18)28-16-17(24)14-22-9-11-23(12-10-22)15-20(25)21-8-13-26-2/h4-7,17,24H,3,8-16H2,1-2H3,(H,21,25). The Kier molecular flexibility index (Phi) is 10.1. The van der Waals surface area contributed by atoms with Crippen LogP contribution in [0.3, 0.4) is 0 Å². The van der Waals surface area contributed by atoms with E-state index in [2.05, 4.69) is 15.1 Å². The zero-order valence-electron chi connectivity index (χ0n) is 16.9. The van der Waals surface area contributed by atoms with E-state index in [9.17, 15) is 9.90 Å². The summed E-state index contributed by atoms with van der Waals surface area (Å²) < 4.78 is 16.0. The number of aliphatic hydroxyl groups excluding tert-OH is 1. The third-order valence-corrected chi connectivity index (χ3v) is 4.51.